The smallest absolute Gasteiger partial charge is 0.00669 e. The van der Waals surface area contributed by atoms with Crippen molar-refractivity contribution >= 4 is 0 Å². The van der Waals surface area contributed by atoms with Crippen LogP contribution in [0, 0.1) is 0 Å². The van der Waals surface area contributed by atoms with Crippen molar-refractivity contribution in [2.75, 3.05) is 6.54 Å². The summed E-state index contributed by atoms with van der Waals surface area (Å²) in [5.74, 6) is 0. The van der Waals surface area contributed by atoms with Crippen LogP contribution in [0.1, 0.15) is 136 Å². The molecular formula is C23H49N. The minimum atomic E-state index is 0.787. The lowest BCUT2D eigenvalue weighted by Crippen LogP contribution is -2.28. The molecule has 0 bridgehead atoms. The molecule has 0 amide bonds. The van der Waals surface area contributed by atoms with Gasteiger partial charge in [0.05, 0.1) is 0 Å². The predicted octanol–water partition coefficient (Wildman–Crippen LogP) is 8.03. The summed E-state index contributed by atoms with van der Waals surface area (Å²) in [5, 5.41) is 3.72. The van der Waals surface area contributed by atoms with E-state index < -0.39 is 0 Å². The second-order valence-electron chi connectivity index (χ2n) is 7.78. The van der Waals surface area contributed by atoms with Gasteiger partial charge in [-0.25, -0.2) is 0 Å². The SMILES string of the molecule is CCCCCCCCCCC(CCCCCCCCCC)NCC. The van der Waals surface area contributed by atoms with Crippen LogP contribution in [0.5, 0.6) is 0 Å². The molecule has 0 spiro atoms. The van der Waals surface area contributed by atoms with Crippen LogP contribution in [-0.4, -0.2) is 12.6 Å². The van der Waals surface area contributed by atoms with Gasteiger partial charge < -0.3 is 5.32 Å². The van der Waals surface area contributed by atoms with Crippen LogP contribution in [0.4, 0.5) is 0 Å². The third-order valence-electron chi connectivity index (χ3n) is 5.31. The van der Waals surface area contributed by atoms with Crippen LogP contribution in [0.15, 0.2) is 0 Å². The molecule has 0 rings (SSSR count). The lowest BCUT2D eigenvalue weighted by Gasteiger charge is -2.17. The van der Waals surface area contributed by atoms with E-state index in [4.69, 9.17) is 0 Å². The Bertz CT molecular complexity index is 194. The molecule has 1 heteroatoms. The Morgan fingerprint density at radius 1 is 0.458 bits per heavy atom. The molecule has 0 saturated heterocycles. The van der Waals surface area contributed by atoms with E-state index in [1.54, 1.807) is 0 Å². The molecule has 1 N–H and O–H groups in total. The summed E-state index contributed by atoms with van der Waals surface area (Å²) in [6, 6.07) is 0.787. The Hall–Kier alpha value is -0.0400. The van der Waals surface area contributed by atoms with Gasteiger partial charge in [-0.1, -0.05) is 124 Å². The van der Waals surface area contributed by atoms with Crippen LogP contribution in [0.25, 0.3) is 0 Å². The van der Waals surface area contributed by atoms with Gasteiger partial charge in [0.2, 0.25) is 0 Å². The molecule has 0 unspecified atom stereocenters. The van der Waals surface area contributed by atoms with Gasteiger partial charge >= 0.3 is 0 Å². The first-order chi connectivity index (χ1) is 11.8. The quantitative estimate of drug-likeness (QED) is 0.221. The highest BCUT2D eigenvalue weighted by molar-refractivity contribution is 4.66. The van der Waals surface area contributed by atoms with Gasteiger partial charge in [0.25, 0.3) is 0 Å². The van der Waals surface area contributed by atoms with Crippen LogP contribution in [-0.2, 0) is 0 Å². The summed E-state index contributed by atoms with van der Waals surface area (Å²) in [4.78, 5) is 0. The largest absolute Gasteiger partial charge is 0.314 e. The topological polar surface area (TPSA) is 12.0 Å². The maximum atomic E-state index is 3.72. The van der Waals surface area contributed by atoms with Crippen LogP contribution >= 0.6 is 0 Å². The van der Waals surface area contributed by atoms with Crippen molar-refractivity contribution in [2.24, 2.45) is 0 Å². The van der Waals surface area contributed by atoms with Crippen molar-refractivity contribution in [2.45, 2.75) is 142 Å². The Morgan fingerprint density at radius 3 is 1.12 bits per heavy atom. The van der Waals surface area contributed by atoms with Crippen molar-refractivity contribution in [1.82, 2.24) is 5.32 Å². The Balaban J connectivity index is 3.43. The Labute approximate surface area is 154 Å². The van der Waals surface area contributed by atoms with Gasteiger partial charge in [-0.15, -0.1) is 0 Å². The standard InChI is InChI=1S/C23H49N/c1-4-7-9-11-13-15-17-19-21-23(24-6-3)22-20-18-16-14-12-10-8-5-2/h23-24H,4-22H2,1-3H3. The summed E-state index contributed by atoms with van der Waals surface area (Å²) < 4.78 is 0. The van der Waals surface area contributed by atoms with Crippen LogP contribution in [0.2, 0.25) is 0 Å². The van der Waals surface area contributed by atoms with E-state index >= 15 is 0 Å². The molecule has 0 aliphatic carbocycles. The third kappa shape index (κ3) is 18.3. The normalized spacial score (nSPS) is 11.5. The molecule has 24 heavy (non-hydrogen) atoms. The third-order valence-corrected chi connectivity index (χ3v) is 5.31. The summed E-state index contributed by atoms with van der Waals surface area (Å²) in [6.07, 6.45) is 25.8. The second kappa shape index (κ2) is 21.0. The summed E-state index contributed by atoms with van der Waals surface area (Å²) >= 11 is 0. The van der Waals surface area contributed by atoms with E-state index in [1.807, 2.05) is 0 Å². The molecule has 0 aromatic heterocycles. The molecule has 0 fully saturated rings. The van der Waals surface area contributed by atoms with E-state index in [1.165, 1.54) is 116 Å². The van der Waals surface area contributed by atoms with Crippen molar-refractivity contribution in [3.63, 3.8) is 0 Å². The fourth-order valence-corrected chi connectivity index (χ4v) is 3.69. The zero-order chi connectivity index (χ0) is 17.7. The van der Waals surface area contributed by atoms with E-state index in [-0.39, 0.29) is 0 Å². The Kier molecular flexibility index (Phi) is 21.0. The number of unbranched alkanes of at least 4 members (excludes halogenated alkanes) is 14. The molecule has 0 aliphatic heterocycles. The summed E-state index contributed by atoms with van der Waals surface area (Å²) in [6.45, 7) is 7.99. The Morgan fingerprint density at radius 2 is 0.792 bits per heavy atom. The minimum Gasteiger partial charge on any atom is -0.314 e. The highest BCUT2D eigenvalue weighted by Gasteiger charge is 2.06. The average Bonchev–Trinajstić information content (AvgIpc) is 2.59. The van der Waals surface area contributed by atoms with Gasteiger partial charge in [0, 0.05) is 6.04 Å². The second-order valence-corrected chi connectivity index (χ2v) is 7.78. The van der Waals surface area contributed by atoms with Crippen molar-refractivity contribution in [3.8, 4) is 0 Å². The first kappa shape index (κ1) is 24.0. The zero-order valence-electron chi connectivity index (χ0n) is 17.5. The predicted molar refractivity (Wildman–Crippen MR) is 112 cm³/mol. The van der Waals surface area contributed by atoms with Crippen molar-refractivity contribution < 1.29 is 0 Å². The van der Waals surface area contributed by atoms with Gasteiger partial charge in [-0.05, 0) is 19.4 Å². The molecular weight excluding hydrogens is 290 g/mol. The van der Waals surface area contributed by atoms with Crippen molar-refractivity contribution in [3.05, 3.63) is 0 Å². The molecule has 0 saturated carbocycles. The van der Waals surface area contributed by atoms with E-state index in [9.17, 15) is 0 Å². The fraction of sp³-hybridized carbons (Fsp3) is 1.00. The number of hydrogen-bond acceptors (Lipinski definition) is 1. The summed E-state index contributed by atoms with van der Waals surface area (Å²) in [7, 11) is 0. The first-order valence-electron chi connectivity index (χ1n) is 11.6. The van der Waals surface area contributed by atoms with Gasteiger partial charge in [0.1, 0.15) is 0 Å². The van der Waals surface area contributed by atoms with E-state index in [0.29, 0.717) is 0 Å². The number of nitrogens with one attached hydrogen (secondary N) is 1. The highest BCUT2D eigenvalue weighted by atomic mass is 14.9. The molecule has 0 aromatic rings. The minimum absolute atomic E-state index is 0.787. The van der Waals surface area contributed by atoms with Gasteiger partial charge in [-0.2, -0.15) is 0 Å². The average molecular weight is 340 g/mol. The molecule has 0 heterocycles. The van der Waals surface area contributed by atoms with E-state index in [2.05, 4.69) is 26.1 Å². The highest BCUT2D eigenvalue weighted by Crippen LogP contribution is 2.15. The molecule has 0 aliphatic rings. The maximum Gasteiger partial charge on any atom is 0.00669 e. The number of hydrogen-bond donors (Lipinski definition) is 1. The fourth-order valence-electron chi connectivity index (χ4n) is 3.69. The number of rotatable bonds is 20. The molecule has 0 radical (unpaired) electrons. The van der Waals surface area contributed by atoms with E-state index in [0.717, 1.165) is 12.6 Å². The molecule has 146 valence electrons. The lowest BCUT2D eigenvalue weighted by atomic mass is 9.99. The summed E-state index contributed by atoms with van der Waals surface area (Å²) in [5.41, 5.74) is 0. The monoisotopic (exact) mass is 339 g/mol. The van der Waals surface area contributed by atoms with Crippen molar-refractivity contribution in [1.29, 1.82) is 0 Å². The van der Waals surface area contributed by atoms with Gasteiger partial charge in [-0.3, -0.25) is 0 Å². The molecule has 0 aromatic carbocycles. The maximum absolute atomic E-state index is 3.72. The molecule has 0 atom stereocenters. The van der Waals surface area contributed by atoms with Gasteiger partial charge in [0.15, 0.2) is 0 Å². The van der Waals surface area contributed by atoms with Crippen LogP contribution in [0.3, 0.4) is 0 Å². The zero-order valence-corrected chi connectivity index (χ0v) is 17.5. The van der Waals surface area contributed by atoms with Crippen LogP contribution < -0.4 is 5.32 Å². The lowest BCUT2D eigenvalue weighted by molar-refractivity contribution is 0.418. The first-order valence-corrected chi connectivity index (χ1v) is 11.6. The molecule has 1 nitrogen and oxygen atoms in total.